The second-order valence-corrected chi connectivity index (χ2v) is 4.74. The fraction of sp³-hybridized carbons (Fsp3) is 0.267. The van der Waals surface area contributed by atoms with Gasteiger partial charge in [-0.1, -0.05) is 30.7 Å². The van der Waals surface area contributed by atoms with Gasteiger partial charge in [0.05, 0.1) is 17.7 Å². The molecule has 4 nitrogen and oxygen atoms in total. The summed E-state index contributed by atoms with van der Waals surface area (Å²) in [5.74, 6) is 2.14. The molecular formula is C15H18ClN3O. The van der Waals surface area contributed by atoms with Gasteiger partial charge in [0.2, 0.25) is 0 Å². The number of aryl methyl sites for hydroxylation is 1. The highest BCUT2D eigenvalue weighted by Crippen LogP contribution is 2.39. The van der Waals surface area contributed by atoms with Crippen LogP contribution in [0, 0.1) is 0 Å². The lowest BCUT2D eigenvalue weighted by Gasteiger charge is -2.09. The molecule has 2 rings (SSSR count). The number of nitrogens with two attached hydrogens (primary N) is 1. The molecule has 0 aliphatic heterocycles. The molecule has 0 unspecified atom stereocenters. The van der Waals surface area contributed by atoms with Gasteiger partial charge in [0.15, 0.2) is 0 Å². The Morgan fingerprint density at radius 2 is 2.25 bits per heavy atom. The molecule has 0 aliphatic rings. The van der Waals surface area contributed by atoms with E-state index in [0.717, 1.165) is 17.8 Å². The van der Waals surface area contributed by atoms with E-state index in [1.54, 1.807) is 19.3 Å². The second-order valence-electron chi connectivity index (χ2n) is 4.33. The molecule has 0 atom stereocenters. The van der Waals surface area contributed by atoms with E-state index in [0.29, 0.717) is 28.8 Å². The SMILES string of the molecule is C=CCn1c(CC)nc(-c2c(Cl)cccc2OC)c1N. The van der Waals surface area contributed by atoms with E-state index in [1.807, 2.05) is 23.6 Å². The Hall–Kier alpha value is -1.94. The summed E-state index contributed by atoms with van der Waals surface area (Å²) in [7, 11) is 1.60. The van der Waals surface area contributed by atoms with Crippen molar-refractivity contribution in [1.82, 2.24) is 9.55 Å². The molecule has 0 saturated carbocycles. The molecule has 0 amide bonds. The molecule has 0 aliphatic carbocycles. The van der Waals surface area contributed by atoms with E-state index in [-0.39, 0.29) is 0 Å². The number of nitrogens with zero attached hydrogens (tertiary/aromatic N) is 2. The average molecular weight is 292 g/mol. The van der Waals surface area contributed by atoms with Crippen LogP contribution in [0.3, 0.4) is 0 Å². The van der Waals surface area contributed by atoms with Crippen molar-refractivity contribution in [3.05, 3.63) is 41.7 Å². The highest BCUT2D eigenvalue weighted by atomic mass is 35.5. The Morgan fingerprint density at radius 1 is 1.50 bits per heavy atom. The zero-order valence-electron chi connectivity index (χ0n) is 11.7. The van der Waals surface area contributed by atoms with E-state index >= 15 is 0 Å². The predicted octanol–water partition coefficient (Wildman–Crippen LogP) is 3.54. The van der Waals surface area contributed by atoms with Crippen LogP contribution in [0.1, 0.15) is 12.7 Å². The van der Waals surface area contributed by atoms with Crippen LogP contribution in [0.5, 0.6) is 5.75 Å². The van der Waals surface area contributed by atoms with E-state index in [1.165, 1.54) is 0 Å². The largest absolute Gasteiger partial charge is 0.496 e. The van der Waals surface area contributed by atoms with Crippen molar-refractivity contribution >= 4 is 17.4 Å². The molecule has 0 fully saturated rings. The van der Waals surface area contributed by atoms with Crippen molar-refractivity contribution in [2.45, 2.75) is 19.9 Å². The van der Waals surface area contributed by atoms with Gasteiger partial charge in [-0.05, 0) is 12.1 Å². The Morgan fingerprint density at radius 3 is 2.85 bits per heavy atom. The van der Waals surface area contributed by atoms with Gasteiger partial charge in [-0.2, -0.15) is 0 Å². The monoisotopic (exact) mass is 291 g/mol. The van der Waals surface area contributed by atoms with Crippen LogP contribution in [-0.2, 0) is 13.0 Å². The van der Waals surface area contributed by atoms with Crippen molar-refractivity contribution in [2.75, 3.05) is 12.8 Å². The number of allylic oxidation sites excluding steroid dienone is 1. The van der Waals surface area contributed by atoms with Crippen LogP contribution in [0.25, 0.3) is 11.3 Å². The van der Waals surface area contributed by atoms with E-state index in [4.69, 9.17) is 22.1 Å². The third kappa shape index (κ3) is 2.39. The first-order valence-corrected chi connectivity index (χ1v) is 6.80. The van der Waals surface area contributed by atoms with Crippen LogP contribution >= 0.6 is 11.6 Å². The first-order valence-electron chi connectivity index (χ1n) is 6.42. The summed E-state index contributed by atoms with van der Waals surface area (Å²) in [5.41, 5.74) is 7.62. The molecule has 0 bridgehead atoms. The lowest BCUT2D eigenvalue weighted by atomic mass is 10.1. The molecule has 0 radical (unpaired) electrons. The summed E-state index contributed by atoms with van der Waals surface area (Å²) in [6, 6.07) is 5.48. The first-order chi connectivity index (χ1) is 9.63. The Labute approximate surface area is 123 Å². The van der Waals surface area contributed by atoms with Crippen molar-refractivity contribution in [3.63, 3.8) is 0 Å². The summed E-state index contributed by atoms with van der Waals surface area (Å²) in [5, 5.41) is 0.571. The summed E-state index contributed by atoms with van der Waals surface area (Å²) >= 11 is 6.29. The van der Waals surface area contributed by atoms with Gasteiger partial charge in [0, 0.05) is 13.0 Å². The first kappa shape index (κ1) is 14.5. The quantitative estimate of drug-likeness (QED) is 0.857. The number of methoxy groups -OCH3 is 1. The number of rotatable bonds is 5. The maximum atomic E-state index is 6.29. The van der Waals surface area contributed by atoms with Gasteiger partial charge in [0.25, 0.3) is 0 Å². The fourth-order valence-electron chi connectivity index (χ4n) is 2.20. The van der Waals surface area contributed by atoms with Crippen molar-refractivity contribution in [3.8, 4) is 17.0 Å². The molecule has 0 saturated heterocycles. The summed E-state index contributed by atoms with van der Waals surface area (Å²) < 4.78 is 7.30. The molecule has 2 N–H and O–H groups in total. The van der Waals surface area contributed by atoms with E-state index < -0.39 is 0 Å². The van der Waals surface area contributed by atoms with Crippen molar-refractivity contribution in [2.24, 2.45) is 0 Å². The summed E-state index contributed by atoms with van der Waals surface area (Å²) in [6.07, 6.45) is 2.58. The number of halogens is 1. The van der Waals surface area contributed by atoms with Crippen molar-refractivity contribution in [1.29, 1.82) is 0 Å². The predicted molar refractivity (Wildman–Crippen MR) is 83.2 cm³/mol. The van der Waals surface area contributed by atoms with Gasteiger partial charge in [-0.15, -0.1) is 6.58 Å². The summed E-state index contributed by atoms with van der Waals surface area (Å²) in [6.45, 7) is 6.41. The highest BCUT2D eigenvalue weighted by molar-refractivity contribution is 6.33. The Kier molecular flexibility index (Phi) is 4.35. The molecule has 20 heavy (non-hydrogen) atoms. The van der Waals surface area contributed by atoms with Crippen molar-refractivity contribution < 1.29 is 4.74 Å². The van der Waals surface area contributed by atoms with E-state index in [9.17, 15) is 0 Å². The number of hydrogen-bond acceptors (Lipinski definition) is 3. The minimum absolute atomic E-state index is 0.571. The molecule has 1 aromatic heterocycles. The normalized spacial score (nSPS) is 10.6. The smallest absolute Gasteiger partial charge is 0.132 e. The minimum atomic E-state index is 0.571. The number of hydrogen-bond donors (Lipinski definition) is 1. The Balaban J connectivity index is 2.67. The van der Waals surface area contributed by atoms with Crippen LogP contribution in [0.15, 0.2) is 30.9 Å². The topological polar surface area (TPSA) is 53.1 Å². The fourth-order valence-corrected chi connectivity index (χ4v) is 2.46. The molecule has 1 heterocycles. The minimum Gasteiger partial charge on any atom is -0.496 e. The zero-order chi connectivity index (χ0) is 14.7. The third-order valence-corrected chi connectivity index (χ3v) is 3.46. The Bertz CT molecular complexity index is 634. The molecule has 0 spiro atoms. The maximum absolute atomic E-state index is 6.29. The van der Waals surface area contributed by atoms with Gasteiger partial charge in [-0.25, -0.2) is 4.98 Å². The molecule has 2 aromatic rings. The van der Waals surface area contributed by atoms with Crippen LogP contribution in [0.2, 0.25) is 5.02 Å². The number of nitrogen functional groups attached to an aromatic ring is 1. The highest BCUT2D eigenvalue weighted by Gasteiger charge is 2.20. The van der Waals surface area contributed by atoms with Gasteiger partial charge < -0.3 is 15.0 Å². The van der Waals surface area contributed by atoms with Crippen LogP contribution in [0.4, 0.5) is 5.82 Å². The maximum Gasteiger partial charge on any atom is 0.132 e. The number of benzene rings is 1. The molecular weight excluding hydrogens is 274 g/mol. The third-order valence-electron chi connectivity index (χ3n) is 3.15. The number of aromatic nitrogens is 2. The van der Waals surface area contributed by atoms with Gasteiger partial charge in [-0.3, -0.25) is 0 Å². The van der Waals surface area contributed by atoms with Crippen LogP contribution < -0.4 is 10.5 Å². The average Bonchev–Trinajstić information content (AvgIpc) is 2.76. The number of imidazole rings is 1. The van der Waals surface area contributed by atoms with Gasteiger partial charge in [0.1, 0.15) is 23.1 Å². The second kappa shape index (κ2) is 6.01. The zero-order valence-corrected chi connectivity index (χ0v) is 12.4. The molecule has 5 heteroatoms. The molecule has 1 aromatic carbocycles. The molecule has 106 valence electrons. The standard InChI is InChI=1S/C15H18ClN3O/c1-4-9-19-12(5-2)18-14(15(19)17)13-10(16)7-6-8-11(13)20-3/h4,6-8H,1,5,9,17H2,2-3H3. The summed E-state index contributed by atoms with van der Waals surface area (Å²) in [4.78, 5) is 4.61. The lowest BCUT2D eigenvalue weighted by Crippen LogP contribution is -2.05. The number of ether oxygens (including phenoxy) is 1. The van der Waals surface area contributed by atoms with Crippen LogP contribution in [-0.4, -0.2) is 16.7 Å². The van der Waals surface area contributed by atoms with E-state index in [2.05, 4.69) is 11.6 Å². The lowest BCUT2D eigenvalue weighted by molar-refractivity contribution is 0.416. The van der Waals surface area contributed by atoms with Gasteiger partial charge >= 0.3 is 0 Å². The number of anilines is 1.